The van der Waals surface area contributed by atoms with Crippen molar-refractivity contribution < 1.29 is 14.5 Å². The second-order valence-electron chi connectivity index (χ2n) is 6.82. The quantitative estimate of drug-likeness (QED) is 0.551. The monoisotopic (exact) mass is 394 g/mol. The van der Waals surface area contributed by atoms with Crippen molar-refractivity contribution in [3.8, 4) is 5.75 Å². The number of rotatable bonds is 7. The van der Waals surface area contributed by atoms with Crippen molar-refractivity contribution in [1.29, 1.82) is 0 Å². The zero-order valence-electron chi connectivity index (χ0n) is 15.6. The molecule has 1 aromatic rings. The van der Waals surface area contributed by atoms with Gasteiger partial charge in [-0.25, -0.2) is 0 Å². The van der Waals surface area contributed by atoms with Crippen molar-refractivity contribution in [2.45, 2.75) is 18.2 Å². The van der Waals surface area contributed by atoms with E-state index in [0.717, 1.165) is 51.3 Å². The zero-order chi connectivity index (χ0) is 19.2. The number of likely N-dealkylation sites (tertiary alicyclic amines) is 1. The van der Waals surface area contributed by atoms with Crippen LogP contribution in [0.25, 0.3) is 0 Å². The third-order valence-electron chi connectivity index (χ3n) is 5.12. The Morgan fingerprint density at radius 3 is 2.85 bits per heavy atom. The molecule has 27 heavy (non-hydrogen) atoms. The van der Waals surface area contributed by atoms with E-state index < -0.39 is 4.92 Å². The van der Waals surface area contributed by atoms with Crippen LogP contribution in [-0.2, 0) is 10.5 Å². The highest BCUT2D eigenvalue weighted by atomic mass is 32.2. The van der Waals surface area contributed by atoms with Gasteiger partial charge >= 0.3 is 5.69 Å². The normalized spacial score (nSPS) is 20.6. The maximum atomic E-state index is 12.5. The molecule has 2 saturated heterocycles. The molecule has 1 aromatic carbocycles. The molecular formula is C18H26N4O4S. The maximum Gasteiger partial charge on any atom is 0.311 e. The van der Waals surface area contributed by atoms with Crippen molar-refractivity contribution in [2.75, 3.05) is 52.1 Å². The number of piperazine rings is 1. The molecule has 9 heteroatoms. The molecule has 2 fully saturated rings. The van der Waals surface area contributed by atoms with Crippen molar-refractivity contribution in [3.63, 3.8) is 0 Å². The van der Waals surface area contributed by atoms with Gasteiger partial charge in [0.1, 0.15) is 0 Å². The largest absolute Gasteiger partial charge is 0.490 e. The molecule has 1 atom stereocenters. The first-order valence-electron chi connectivity index (χ1n) is 9.20. The molecule has 2 aliphatic heterocycles. The Morgan fingerprint density at radius 2 is 2.15 bits per heavy atom. The summed E-state index contributed by atoms with van der Waals surface area (Å²) in [7, 11) is 1.42. The fourth-order valence-corrected chi connectivity index (χ4v) is 4.50. The van der Waals surface area contributed by atoms with Crippen LogP contribution < -0.4 is 10.1 Å². The third-order valence-corrected chi connectivity index (χ3v) is 6.11. The van der Waals surface area contributed by atoms with Crippen LogP contribution in [0, 0.1) is 10.1 Å². The fourth-order valence-electron chi connectivity index (χ4n) is 3.63. The molecule has 8 nitrogen and oxygen atoms in total. The van der Waals surface area contributed by atoms with Crippen LogP contribution in [0.15, 0.2) is 18.2 Å². The standard InChI is InChI=1S/C18H26N4O4S/c1-26-17-3-2-14(10-16(17)22(24)25)12-27-13-18(23)21-7-4-15(11-21)20-8-5-19-6-9-20/h2-3,10,15,19H,4-9,11-13H2,1H3. The number of nitro benzene ring substituents is 1. The summed E-state index contributed by atoms with van der Waals surface area (Å²) in [4.78, 5) is 27.6. The summed E-state index contributed by atoms with van der Waals surface area (Å²) in [6.07, 6.45) is 1.04. The van der Waals surface area contributed by atoms with Crippen LogP contribution in [-0.4, -0.2) is 78.8 Å². The van der Waals surface area contributed by atoms with Gasteiger partial charge in [-0.3, -0.25) is 19.8 Å². The number of nitrogens with zero attached hydrogens (tertiary/aromatic N) is 3. The number of carbonyl (C=O) groups excluding carboxylic acids is 1. The highest BCUT2D eigenvalue weighted by Gasteiger charge is 2.30. The van der Waals surface area contributed by atoms with E-state index in [-0.39, 0.29) is 17.3 Å². The molecule has 2 aliphatic rings. The highest BCUT2D eigenvalue weighted by Crippen LogP contribution is 2.29. The zero-order valence-corrected chi connectivity index (χ0v) is 16.4. The Balaban J connectivity index is 1.46. The van der Waals surface area contributed by atoms with E-state index in [0.29, 0.717) is 17.5 Å². The number of nitro groups is 1. The first-order valence-corrected chi connectivity index (χ1v) is 10.4. The molecular weight excluding hydrogens is 368 g/mol. The summed E-state index contributed by atoms with van der Waals surface area (Å²) >= 11 is 1.49. The topological polar surface area (TPSA) is 88.0 Å². The Bertz CT molecular complexity index is 681. The van der Waals surface area contributed by atoms with Gasteiger partial charge in [-0.05, 0) is 18.1 Å². The lowest BCUT2D eigenvalue weighted by molar-refractivity contribution is -0.385. The second-order valence-corrected chi connectivity index (χ2v) is 7.81. The fraction of sp³-hybridized carbons (Fsp3) is 0.611. The number of methoxy groups -OCH3 is 1. The minimum Gasteiger partial charge on any atom is -0.490 e. The first-order chi connectivity index (χ1) is 13.1. The van der Waals surface area contributed by atoms with E-state index >= 15 is 0 Å². The summed E-state index contributed by atoms with van der Waals surface area (Å²) in [5.74, 6) is 1.36. The molecule has 2 heterocycles. The van der Waals surface area contributed by atoms with Gasteiger partial charge in [0.05, 0.1) is 17.8 Å². The van der Waals surface area contributed by atoms with Crippen LogP contribution in [0.2, 0.25) is 0 Å². The lowest BCUT2D eigenvalue weighted by Gasteiger charge is -2.32. The highest BCUT2D eigenvalue weighted by molar-refractivity contribution is 7.99. The summed E-state index contributed by atoms with van der Waals surface area (Å²) in [6, 6.07) is 5.41. The summed E-state index contributed by atoms with van der Waals surface area (Å²) in [5, 5.41) is 14.5. The molecule has 1 N–H and O–H groups in total. The Kier molecular flexibility index (Phi) is 6.92. The van der Waals surface area contributed by atoms with E-state index in [1.807, 2.05) is 4.90 Å². The first kappa shape index (κ1) is 19.9. The minimum atomic E-state index is -0.446. The molecule has 0 aromatic heterocycles. The van der Waals surface area contributed by atoms with Gasteiger partial charge in [0, 0.05) is 57.1 Å². The van der Waals surface area contributed by atoms with Crippen molar-refractivity contribution in [2.24, 2.45) is 0 Å². The minimum absolute atomic E-state index is 0.0414. The molecule has 148 valence electrons. The number of thioether (sulfide) groups is 1. The maximum absolute atomic E-state index is 12.5. The van der Waals surface area contributed by atoms with E-state index in [1.165, 1.54) is 24.9 Å². The van der Waals surface area contributed by atoms with Gasteiger partial charge in [0.15, 0.2) is 5.75 Å². The Morgan fingerprint density at radius 1 is 1.37 bits per heavy atom. The van der Waals surface area contributed by atoms with E-state index in [4.69, 9.17) is 4.74 Å². The number of hydrogen-bond acceptors (Lipinski definition) is 7. The molecule has 1 unspecified atom stereocenters. The van der Waals surface area contributed by atoms with Crippen LogP contribution >= 0.6 is 11.8 Å². The number of hydrogen-bond donors (Lipinski definition) is 1. The van der Waals surface area contributed by atoms with E-state index in [9.17, 15) is 14.9 Å². The van der Waals surface area contributed by atoms with Gasteiger partial charge in [0.2, 0.25) is 5.91 Å². The van der Waals surface area contributed by atoms with Crippen LogP contribution in [0.1, 0.15) is 12.0 Å². The summed E-state index contributed by atoms with van der Waals surface area (Å²) in [5.41, 5.74) is 0.778. The number of ether oxygens (including phenoxy) is 1. The number of carbonyl (C=O) groups is 1. The van der Waals surface area contributed by atoms with E-state index in [2.05, 4.69) is 10.2 Å². The molecule has 0 aliphatic carbocycles. The molecule has 3 rings (SSSR count). The smallest absolute Gasteiger partial charge is 0.311 e. The molecule has 0 radical (unpaired) electrons. The molecule has 0 bridgehead atoms. The average molecular weight is 394 g/mol. The van der Waals surface area contributed by atoms with Gasteiger partial charge < -0.3 is 15.0 Å². The predicted molar refractivity (Wildman–Crippen MR) is 105 cm³/mol. The summed E-state index contributed by atoms with van der Waals surface area (Å²) in [6.45, 7) is 5.79. The molecule has 1 amide bonds. The van der Waals surface area contributed by atoms with Gasteiger partial charge in [-0.15, -0.1) is 11.8 Å². The van der Waals surface area contributed by atoms with Crippen molar-refractivity contribution in [3.05, 3.63) is 33.9 Å². The average Bonchev–Trinajstić information content (AvgIpc) is 3.19. The second kappa shape index (κ2) is 9.38. The summed E-state index contributed by atoms with van der Waals surface area (Å²) < 4.78 is 5.01. The number of benzene rings is 1. The SMILES string of the molecule is COc1ccc(CSCC(=O)N2CCC(N3CCNCC3)C2)cc1[N+](=O)[O-]. The lowest BCUT2D eigenvalue weighted by Crippen LogP contribution is -2.49. The van der Waals surface area contributed by atoms with Gasteiger partial charge in [0.25, 0.3) is 0 Å². The van der Waals surface area contributed by atoms with Crippen LogP contribution in [0.3, 0.4) is 0 Å². The Hall–Kier alpha value is -1.84. The van der Waals surface area contributed by atoms with Crippen molar-refractivity contribution in [1.82, 2.24) is 15.1 Å². The van der Waals surface area contributed by atoms with Crippen LogP contribution in [0.5, 0.6) is 5.75 Å². The van der Waals surface area contributed by atoms with Crippen LogP contribution in [0.4, 0.5) is 5.69 Å². The van der Waals surface area contributed by atoms with Gasteiger partial charge in [-0.1, -0.05) is 6.07 Å². The Labute approximate surface area is 163 Å². The predicted octanol–water partition coefficient (Wildman–Crippen LogP) is 1.34. The number of nitrogens with one attached hydrogen (secondary N) is 1. The van der Waals surface area contributed by atoms with Crippen molar-refractivity contribution >= 4 is 23.4 Å². The van der Waals surface area contributed by atoms with E-state index in [1.54, 1.807) is 12.1 Å². The third kappa shape index (κ3) is 5.12. The van der Waals surface area contributed by atoms with Gasteiger partial charge in [-0.2, -0.15) is 0 Å². The molecule has 0 saturated carbocycles. The number of amides is 1. The lowest BCUT2D eigenvalue weighted by atomic mass is 10.2. The molecule has 0 spiro atoms.